The van der Waals surface area contributed by atoms with E-state index < -0.39 is 0 Å². The predicted molar refractivity (Wildman–Crippen MR) is 32.2 cm³/mol. The van der Waals surface area contributed by atoms with Crippen LogP contribution >= 0.6 is 0 Å². The van der Waals surface area contributed by atoms with Crippen molar-refractivity contribution in [2.45, 2.75) is 26.2 Å². The maximum atomic E-state index is 2.31. The summed E-state index contributed by atoms with van der Waals surface area (Å²) in [5.41, 5.74) is 0. The van der Waals surface area contributed by atoms with Crippen LogP contribution in [0.2, 0.25) is 0 Å². The molecule has 0 heteroatoms. The van der Waals surface area contributed by atoms with Gasteiger partial charge in [0.2, 0.25) is 0 Å². The normalized spacial score (nSPS) is 30.7. The number of rotatable bonds is 0. The van der Waals surface area contributed by atoms with E-state index in [1.807, 2.05) is 0 Å². The molecular weight excluding hydrogens is 84.1 g/mol. The number of hydrogen-bond acceptors (Lipinski definition) is 0. The molecule has 0 radical (unpaired) electrons. The molecule has 0 bridgehead atoms. The average molecular weight is 96.2 g/mol. The molecule has 0 heterocycles. The smallest absolute Gasteiger partial charge is 0.0262 e. The molecular formula is C7H12. The first-order chi connectivity index (χ1) is 3.39. The van der Waals surface area contributed by atoms with Gasteiger partial charge in [0.1, 0.15) is 0 Å². The highest BCUT2D eigenvalue weighted by Gasteiger charge is 1.98. The maximum absolute atomic E-state index is 2.31. The Morgan fingerprint density at radius 1 is 1.57 bits per heavy atom. The second kappa shape index (κ2) is 2.15. The Labute approximate surface area is 45.2 Å². The van der Waals surface area contributed by atoms with Crippen LogP contribution in [-0.2, 0) is 0 Å². The SMILES string of the molecule is C[C@H]1C=CCCC1. The van der Waals surface area contributed by atoms with Crippen LogP contribution in [0.15, 0.2) is 12.2 Å². The summed E-state index contributed by atoms with van der Waals surface area (Å²) in [4.78, 5) is 0. The lowest BCUT2D eigenvalue weighted by molar-refractivity contribution is 0.584. The molecule has 1 atom stereocenters. The molecule has 0 saturated heterocycles. The van der Waals surface area contributed by atoms with Gasteiger partial charge in [-0.3, -0.25) is 0 Å². The van der Waals surface area contributed by atoms with E-state index in [-0.39, 0.29) is 0 Å². The van der Waals surface area contributed by atoms with E-state index in [1.165, 1.54) is 19.3 Å². The fourth-order valence-corrected chi connectivity index (χ4v) is 0.982. The van der Waals surface area contributed by atoms with Gasteiger partial charge in [-0.05, 0) is 25.2 Å². The van der Waals surface area contributed by atoms with Crippen molar-refractivity contribution < 1.29 is 0 Å². The molecule has 0 unspecified atom stereocenters. The van der Waals surface area contributed by atoms with Crippen LogP contribution in [0.4, 0.5) is 0 Å². The van der Waals surface area contributed by atoms with Crippen LogP contribution in [0.25, 0.3) is 0 Å². The predicted octanol–water partition coefficient (Wildman–Crippen LogP) is 2.36. The molecule has 40 valence electrons. The van der Waals surface area contributed by atoms with Crippen molar-refractivity contribution in [3.05, 3.63) is 12.2 Å². The monoisotopic (exact) mass is 96.1 g/mol. The van der Waals surface area contributed by atoms with Gasteiger partial charge in [0.05, 0.1) is 0 Å². The zero-order valence-electron chi connectivity index (χ0n) is 4.85. The second-order valence-corrected chi connectivity index (χ2v) is 2.34. The van der Waals surface area contributed by atoms with Crippen LogP contribution in [-0.4, -0.2) is 0 Å². The first-order valence-corrected chi connectivity index (χ1v) is 3.06. The summed E-state index contributed by atoms with van der Waals surface area (Å²) < 4.78 is 0. The van der Waals surface area contributed by atoms with Crippen molar-refractivity contribution in [1.82, 2.24) is 0 Å². The Kier molecular flexibility index (Phi) is 1.50. The van der Waals surface area contributed by atoms with Gasteiger partial charge in [0.25, 0.3) is 0 Å². The summed E-state index contributed by atoms with van der Waals surface area (Å²) in [6.45, 7) is 2.27. The standard InChI is InChI=1S/C7H12/c1-7-5-3-2-4-6-7/h3,5,7H,2,4,6H2,1H3/t7-/m0/s1. The quantitative estimate of drug-likeness (QED) is 0.406. The van der Waals surface area contributed by atoms with Crippen molar-refractivity contribution in [2.75, 3.05) is 0 Å². The molecule has 0 saturated carbocycles. The highest BCUT2D eigenvalue weighted by atomic mass is 14.0. The zero-order valence-corrected chi connectivity index (χ0v) is 4.85. The van der Waals surface area contributed by atoms with Crippen LogP contribution in [0.3, 0.4) is 0 Å². The van der Waals surface area contributed by atoms with Gasteiger partial charge < -0.3 is 0 Å². The minimum atomic E-state index is 0.855. The Hall–Kier alpha value is -0.260. The van der Waals surface area contributed by atoms with Crippen LogP contribution < -0.4 is 0 Å². The molecule has 1 rings (SSSR count). The van der Waals surface area contributed by atoms with Crippen molar-refractivity contribution in [1.29, 1.82) is 0 Å². The molecule has 0 aromatic rings. The largest absolute Gasteiger partial charge is 0.0883 e. The van der Waals surface area contributed by atoms with Gasteiger partial charge in [0.15, 0.2) is 0 Å². The zero-order chi connectivity index (χ0) is 5.11. The van der Waals surface area contributed by atoms with Crippen molar-refractivity contribution >= 4 is 0 Å². The fraction of sp³-hybridized carbons (Fsp3) is 0.714. The second-order valence-electron chi connectivity index (χ2n) is 2.34. The topological polar surface area (TPSA) is 0 Å². The molecule has 0 nitrogen and oxygen atoms in total. The van der Waals surface area contributed by atoms with Crippen LogP contribution in [0, 0.1) is 5.92 Å². The van der Waals surface area contributed by atoms with Gasteiger partial charge in [0, 0.05) is 0 Å². The first kappa shape index (κ1) is 4.89. The Morgan fingerprint density at radius 3 is 2.71 bits per heavy atom. The lowest BCUT2D eigenvalue weighted by atomic mass is 9.98. The summed E-state index contributed by atoms with van der Waals surface area (Å²) in [6.07, 6.45) is 8.70. The third-order valence-electron chi connectivity index (χ3n) is 1.49. The van der Waals surface area contributed by atoms with E-state index in [9.17, 15) is 0 Å². The van der Waals surface area contributed by atoms with E-state index in [2.05, 4.69) is 19.1 Å². The molecule has 0 aliphatic heterocycles. The van der Waals surface area contributed by atoms with Crippen molar-refractivity contribution in [3.8, 4) is 0 Å². The third kappa shape index (κ3) is 1.34. The lowest BCUT2D eigenvalue weighted by Crippen LogP contribution is -1.92. The summed E-state index contributed by atoms with van der Waals surface area (Å²) >= 11 is 0. The molecule has 1 aliphatic rings. The molecule has 0 amide bonds. The number of allylic oxidation sites excluding steroid dienone is 2. The Morgan fingerprint density at radius 2 is 2.43 bits per heavy atom. The van der Waals surface area contributed by atoms with E-state index >= 15 is 0 Å². The van der Waals surface area contributed by atoms with E-state index in [1.54, 1.807) is 0 Å². The third-order valence-corrected chi connectivity index (χ3v) is 1.49. The summed E-state index contributed by atoms with van der Waals surface area (Å²) in [7, 11) is 0. The first-order valence-electron chi connectivity index (χ1n) is 3.06. The van der Waals surface area contributed by atoms with Crippen molar-refractivity contribution in [3.63, 3.8) is 0 Å². The maximum Gasteiger partial charge on any atom is -0.0262 e. The molecule has 1 aliphatic carbocycles. The Bertz CT molecular complexity index is 72.1. The minimum absolute atomic E-state index is 0.855. The van der Waals surface area contributed by atoms with Crippen LogP contribution in [0.5, 0.6) is 0 Å². The molecule has 0 fully saturated rings. The minimum Gasteiger partial charge on any atom is -0.0883 e. The highest BCUT2D eigenvalue weighted by molar-refractivity contribution is 4.90. The average Bonchev–Trinajstić information content (AvgIpc) is 1.69. The molecule has 0 aromatic carbocycles. The molecule has 7 heavy (non-hydrogen) atoms. The highest BCUT2D eigenvalue weighted by Crippen LogP contribution is 2.14. The Balaban J connectivity index is 2.36. The van der Waals surface area contributed by atoms with Gasteiger partial charge in [-0.2, -0.15) is 0 Å². The fourth-order valence-electron chi connectivity index (χ4n) is 0.982. The van der Waals surface area contributed by atoms with Crippen molar-refractivity contribution in [2.24, 2.45) is 5.92 Å². The lowest BCUT2D eigenvalue weighted by Gasteiger charge is -2.08. The van der Waals surface area contributed by atoms with Gasteiger partial charge in [-0.15, -0.1) is 0 Å². The summed E-state index contributed by atoms with van der Waals surface area (Å²) in [6, 6.07) is 0. The van der Waals surface area contributed by atoms with E-state index in [4.69, 9.17) is 0 Å². The summed E-state index contributed by atoms with van der Waals surface area (Å²) in [5, 5.41) is 0. The number of hydrogen-bond donors (Lipinski definition) is 0. The summed E-state index contributed by atoms with van der Waals surface area (Å²) in [5.74, 6) is 0.855. The van der Waals surface area contributed by atoms with E-state index in [0.717, 1.165) is 5.92 Å². The van der Waals surface area contributed by atoms with Crippen LogP contribution in [0.1, 0.15) is 26.2 Å². The molecule has 0 spiro atoms. The molecule has 0 aromatic heterocycles. The van der Waals surface area contributed by atoms with Gasteiger partial charge in [-0.25, -0.2) is 0 Å². The van der Waals surface area contributed by atoms with E-state index in [0.29, 0.717) is 0 Å². The van der Waals surface area contributed by atoms with Gasteiger partial charge >= 0.3 is 0 Å². The van der Waals surface area contributed by atoms with Gasteiger partial charge in [-0.1, -0.05) is 19.1 Å². The molecule has 0 N–H and O–H groups in total.